The first-order chi connectivity index (χ1) is 18.7. The summed E-state index contributed by atoms with van der Waals surface area (Å²) >= 11 is 1.40. The smallest absolute Gasteiger partial charge is 0.336 e. The molecule has 4 rings (SSSR count). The zero-order valence-electron chi connectivity index (χ0n) is 23.0. The number of hydrogen-bond acceptors (Lipinski definition) is 10. The van der Waals surface area contributed by atoms with E-state index in [9.17, 15) is 9.59 Å². The van der Waals surface area contributed by atoms with Crippen LogP contribution in [0.15, 0.2) is 59.1 Å². The molecule has 0 saturated carbocycles. The lowest BCUT2D eigenvalue weighted by Crippen LogP contribution is -2.55. The topological polar surface area (TPSA) is 105 Å². The molecule has 10 heteroatoms. The van der Waals surface area contributed by atoms with Crippen molar-refractivity contribution in [2.24, 2.45) is 5.92 Å². The molecule has 0 radical (unpaired) electrons. The summed E-state index contributed by atoms with van der Waals surface area (Å²) in [6.07, 6.45) is 0. The van der Waals surface area contributed by atoms with Crippen LogP contribution in [-0.4, -0.2) is 52.5 Å². The third-order valence-corrected chi connectivity index (χ3v) is 8.13. The van der Waals surface area contributed by atoms with Gasteiger partial charge in [-0.2, -0.15) is 0 Å². The predicted molar refractivity (Wildman–Crippen MR) is 147 cm³/mol. The molecule has 206 valence electrons. The lowest BCUT2D eigenvalue weighted by molar-refractivity contribution is -0.150. The molecule has 2 heterocycles. The van der Waals surface area contributed by atoms with Gasteiger partial charge in [-0.25, -0.2) is 9.78 Å². The molecule has 1 aliphatic rings. The summed E-state index contributed by atoms with van der Waals surface area (Å²) in [5.74, 6) is -0.970. The van der Waals surface area contributed by atoms with Crippen molar-refractivity contribution in [2.75, 3.05) is 35.5 Å². The van der Waals surface area contributed by atoms with Gasteiger partial charge in [-0.05, 0) is 31.5 Å². The second-order valence-corrected chi connectivity index (χ2v) is 10.1. The minimum atomic E-state index is -1.02. The number of ether oxygens (including phenoxy) is 5. The van der Waals surface area contributed by atoms with Crippen LogP contribution in [0.3, 0.4) is 0 Å². The SMILES string of the molecule is COC(=O)C1=C(C)NC(C)(c2nc(-c3cc(OC)c(OC)c(OC)c3)cs2)C(C(=O)OC)C1c1ccccc1. The maximum absolute atomic E-state index is 13.5. The summed E-state index contributed by atoms with van der Waals surface area (Å²) in [6, 6.07) is 13.1. The lowest BCUT2D eigenvalue weighted by atomic mass is 9.67. The average molecular weight is 553 g/mol. The molecule has 3 unspecified atom stereocenters. The average Bonchev–Trinajstić information content (AvgIpc) is 3.47. The van der Waals surface area contributed by atoms with Gasteiger partial charge in [0.25, 0.3) is 0 Å². The van der Waals surface area contributed by atoms with E-state index < -0.39 is 29.3 Å². The Hall–Kier alpha value is -4.05. The van der Waals surface area contributed by atoms with Crippen LogP contribution in [0.2, 0.25) is 0 Å². The van der Waals surface area contributed by atoms with Gasteiger partial charge in [-0.1, -0.05) is 30.3 Å². The van der Waals surface area contributed by atoms with Crippen molar-refractivity contribution >= 4 is 23.3 Å². The maximum Gasteiger partial charge on any atom is 0.336 e. The van der Waals surface area contributed by atoms with Crippen LogP contribution in [0.25, 0.3) is 11.3 Å². The molecule has 0 aliphatic carbocycles. The first kappa shape index (κ1) is 28.0. The van der Waals surface area contributed by atoms with E-state index in [2.05, 4.69) is 5.32 Å². The molecule has 0 bridgehead atoms. The monoisotopic (exact) mass is 552 g/mol. The zero-order valence-corrected chi connectivity index (χ0v) is 23.8. The largest absolute Gasteiger partial charge is 0.493 e. The number of hydrogen-bond donors (Lipinski definition) is 1. The second kappa shape index (κ2) is 11.4. The van der Waals surface area contributed by atoms with Crippen molar-refractivity contribution in [1.29, 1.82) is 0 Å². The van der Waals surface area contributed by atoms with Gasteiger partial charge in [0.15, 0.2) is 11.5 Å². The number of benzene rings is 2. The minimum absolute atomic E-state index is 0.373. The normalized spacial score (nSPS) is 20.6. The number of nitrogens with zero attached hydrogens (tertiary/aromatic N) is 1. The van der Waals surface area contributed by atoms with Crippen LogP contribution in [-0.2, 0) is 24.6 Å². The summed E-state index contributed by atoms with van der Waals surface area (Å²) in [5, 5.41) is 5.97. The Morgan fingerprint density at radius 2 is 1.59 bits per heavy atom. The Morgan fingerprint density at radius 3 is 2.13 bits per heavy atom. The van der Waals surface area contributed by atoms with Crippen LogP contribution in [0.1, 0.15) is 30.3 Å². The Kier molecular flexibility index (Phi) is 8.15. The third kappa shape index (κ3) is 4.92. The Morgan fingerprint density at radius 1 is 0.949 bits per heavy atom. The second-order valence-electron chi connectivity index (χ2n) is 9.20. The van der Waals surface area contributed by atoms with Crippen molar-refractivity contribution in [3.05, 3.63) is 69.7 Å². The number of methoxy groups -OCH3 is 5. The minimum Gasteiger partial charge on any atom is -0.493 e. The van der Waals surface area contributed by atoms with Crippen LogP contribution < -0.4 is 19.5 Å². The van der Waals surface area contributed by atoms with Gasteiger partial charge in [0, 0.05) is 22.6 Å². The first-order valence-corrected chi connectivity index (χ1v) is 13.1. The fourth-order valence-electron chi connectivity index (χ4n) is 5.24. The number of carbonyl (C=O) groups is 2. The zero-order chi connectivity index (χ0) is 28.3. The van der Waals surface area contributed by atoms with Crippen molar-refractivity contribution < 1.29 is 33.3 Å². The summed E-state index contributed by atoms with van der Waals surface area (Å²) in [7, 11) is 7.33. The maximum atomic E-state index is 13.5. The molecule has 39 heavy (non-hydrogen) atoms. The highest BCUT2D eigenvalue weighted by Crippen LogP contribution is 2.50. The molecule has 1 aromatic heterocycles. The summed E-state index contributed by atoms with van der Waals surface area (Å²) in [4.78, 5) is 31.5. The van der Waals surface area contributed by atoms with E-state index in [-0.39, 0.29) is 0 Å². The number of esters is 2. The molecule has 0 amide bonds. The van der Waals surface area contributed by atoms with Crippen LogP contribution in [0.4, 0.5) is 0 Å². The Bertz CT molecular complexity index is 1380. The van der Waals surface area contributed by atoms with Gasteiger partial charge < -0.3 is 29.0 Å². The van der Waals surface area contributed by atoms with Gasteiger partial charge >= 0.3 is 11.9 Å². The van der Waals surface area contributed by atoms with E-state index in [4.69, 9.17) is 28.7 Å². The van der Waals surface area contributed by atoms with Crippen molar-refractivity contribution in [1.82, 2.24) is 10.3 Å². The van der Waals surface area contributed by atoms with Gasteiger partial charge in [0.05, 0.1) is 52.7 Å². The van der Waals surface area contributed by atoms with Gasteiger partial charge in [-0.15, -0.1) is 11.3 Å². The number of rotatable bonds is 8. The highest BCUT2D eigenvalue weighted by atomic mass is 32.1. The van der Waals surface area contributed by atoms with E-state index in [1.807, 2.05) is 61.7 Å². The van der Waals surface area contributed by atoms with Gasteiger partial charge in [-0.3, -0.25) is 4.79 Å². The Balaban J connectivity index is 1.89. The summed E-state index contributed by atoms with van der Waals surface area (Å²) in [6.45, 7) is 3.71. The number of aromatic nitrogens is 1. The van der Waals surface area contributed by atoms with Crippen LogP contribution in [0.5, 0.6) is 17.2 Å². The standard InChI is InChI=1S/C29H32N2O7S/c1-16-22(26(32)37-6)23(17-11-9-8-10-12-17)24(27(33)38-7)29(2,31-16)28-30-19(15-39-28)18-13-20(34-3)25(36-5)21(14-18)35-4/h8-15,23-24,31H,1-7H3. The predicted octanol–water partition coefficient (Wildman–Crippen LogP) is 4.67. The lowest BCUT2D eigenvalue weighted by Gasteiger charge is -2.45. The molecular weight excluding hydrogens is 520 g/mol. The molecule has 2 aromatic carbocycles. The van der Waals surface area contributed by atoms with E-state index in [0.29, 0.717) is 39.2 Å². The van der Waals surface area contributed by atoms with Crippen LogP contribution >= 0.6 is 11.3 Å². The van der Waals surface area contributed by atoms with E-state index in [0.717, 1.165) is 11.1 Å². The van der Waals surface area contributed by atoms with E-state index >= 15 is 0 Å². The summed E-state index contributed by atoms with van der Waals surface area (Å²) < 4.78 is 26.9. The number of nitrogens with one attached hydrogen (secondary N) is 1. The molecule has 1 N–H and O–H groups in total. The van der Waals surface area contributed by atoms with Gasteiger partial charge in [0.1, 0.15) is 10.5 Å². The molecular formula is C29H32N2O7S. The highest BCUT2D eigenvalue weighted by Gasteiger charge is 2.54. The van der Waals surface area contributed by atoms with Gasteiger partial charge in [0.2, 0.25) is 5.75 Å². The van der Waals surface area contributed by atoms with Crippen molar-refractivity contribution in [3.8, 4) is 28.5 Å². The summed E-state index contributed by atoms with van der Waals surface area (Å²) in [5.41, 5.74) is 2.17. The first-order valence-electron chi connectivity index (χ1n) is 12.2. The molecule has 0 fully saturated rings. The quantitative estimate of drug-likeness (QED) is 0.399. The fourth-order valence-corrected chi connectivity index (χ4v) is 6.22. The fraction of sp³-hybridized carbons (Fsp3) is 0.345. The van der Waals surface area contributed by atoms with Crippen molar-refractivity contribution in [2.45, 2.75) is 25.3 Å². The molecule has 1 aliphatic heterocycles. The third-order valence-electron chi connectivity index (χ3n) is 7.05. The Labute approximate surface area is 231 Å². The molecule has 3 aromatic rings. The van der Waals surface area contributed by atoms with E-state index in [1.165, 1.54) is 25.6 Å². The highest BCUT2D eigenvalue weighted by molar-refractivity contribution is 7.10. The number of thiazole rings is 1. The van der Waals surface area contributed by atoms with E-state index in [1.54, 1.807) is 21.3 Å². The van der Waals surface area contributed by atoms with Crippen LogP contribution in [0, 0.1) is 5.92 Å². The molecule has 0 spiro atoms. The number of carbonyl (C=O) groups excluding carboxylic acids is 2. The molecule has 3 atom stereocenters. The number of allylic oxidation sites excluding steroid dienone is 1. The molecule has 9 nitrogen and oxygen atoms in total. The molecule has 0 saturated heterocycles. The van der Waals surface area contributed by atoms with Crippen molar-refractivity contribution in [3.63, 3.8) is 0 Å².